The quantitative estimate of drug-likeness (QED) is 0.129. The molecule has 0 N–H and O–H groups in total. The van der Waals surface area contributed by atoms with Gasteiger partial charge in [-0.2, -0.15) is 0 Å². The van der Waals surface area contributed by atoms with Crippen molar-refractivity contribution in [2.24, 2.45) is 0 Å². The molecule has 3 heterocycles. The molecular formula is C73H56N4O2. The van der Waals surface area contributed by atoms with Gasteiger partial charge in [-0.25, -0.2) is 4.98 Å². The number of ether oxygens (including phenoxy) is 2. The van der Waals surface area contributed by atoms with E-state index in [4.69, 9.17) is 28.2 Å². The lowest BCUT2D eigenvalue weighted by molar-refractivity contribution is 0.461. The summed E-state index contributed by atoms with van der Waals surface area (Å²) in [6.45, 7) is 0.0984. The molecule has 0 spiro atoms. The van der Waals surface area contributed by atoms with E-state index in [1.807, 2.05) is 96.0 Å². The summed E-state index contributed by atoms with van der Waals surface area (Å²) in [4.78, 5) is 9.01. The number of benzene rings is 10. The van der Waals surface area contributed by atoms with Crippen LogP contribution in [-0.4, -0.2) is 16.2 Å². The molecule has 6 heteroatoms. The van der Waals surface area contributed by atoms with Crippen LogP contribution in [0.4, 0.5) is 22.7 Å². The Kier molecular flexibility index (Phi) is 9.29. The van der Waals surface area contributed by atoms with Crippen molar-refractivity contribution in [2.75, 3.05) is 16.5 Å². The van der Waals surface area contributed by atoms with Gasteiger partial charge in [0.1, 0.15) is 35.5 Å². The van der Waals surface area contributed by atoms with Gasteiger partial charge >= 0.3 is 0 Å². The zero-order valence-electron chi connectivity index (χ0n) is 53.0. The molecule has 0 fully saturated rings. The van der Waals surface area contributed by atoms with Crippen LogP contribution < -0.4 is 19.3 Å². The average Bonchev–Trinajstić information content (AvgIpc) is 0.987. The first-order chi connectivity index (χ1) is 43.3. The minimum atomic E-state index is -0.555. The number of hydrogen-bond acceptors (Lipinski definition) is 5. The first kappa shape index (κ1) is 37.2. The van der Waals surface area contributed by atoms with Gasteiger partial charge in [0.05, 0.1) is 41.8 Å². The Morgan fingerprint density at radius 3 is 1.73 bits per heavy atom. The number of aromatic nitrogens is 2. The highest BCUT2D eigenvalue weighted by Gasteiger charge is 2.35. The van der Waals surface area contributed by atoms with Crippen LogP contribution in [0.3, 0.4) is 0 Å². The predicted molar refractivity (Wildman–Crippen MR) is 324 cm³/mol. The Labute approximate surface area is 475 Å². The number of rotatable bonds is 11. The van der Waals surface area contributed by atoms with Crippen LogP contribution in [0.15, 0.2) is 249 Å². The highest BCUT2D eigenvalue weighted by molar-refractivity contribution is 6.09. The summed E-state index contributed by atoms with van der Waals surface area (Å²) in [5, 5.41) is 2.06. The van der Waals surface area contributed by atoms with Gasteiger partial charge in [-0.05, 0) is 132 Å². The van der Waals surface area contributed by atoms with Gasteiger partial charge in [0, 0.05) is 63.1 Å². The molecule has 6 nitrogen and oxygen atoms in total. The maximum atomic E-state index is 9.13. The summed E-state index contributed by atoms with van der Waals surface area (Å²) in [6.07, 6.45) is 8.53. The molecule has 0 saturated heterocycles. The van der Waals surface area contributed by atoms with Crippen molar-refractivity contribution in [1.29, 1.82) is 0 Å². The van der Waals surface area contributed by atoms with Gasteiger partial charge < -0.3 is 19.3 Å². The fraction of sp³-hybridized carbons (Fsp3) is 0.110. The number of para-hydroxylation sites is 4. The molecule has 79 heavy (non-hydrogen) atoms. The first-order valence-corrected chi connectivity index (χ1v) is 27.0. The van der Waals surface area contributed by atoms with E-state index < -0.39 is 60.4 Å². The van der Waals surface area contributed by atoms with E-state index in [2.05, 4.69) is 88.3 Å². The molecule has 0 radical (unpaired) electrons. The first-order valence-electron chi connectivity index (χ1n) is 32.0. The lowest BCUT2D eigenvalue weighted by Crippen LogP contribution is -2.24. The van der Waals surface area contributed by atoms with E-state index in [-0.39, 0.29) is 34.6 Å². The Bertz CT molecular complexity index is 4660. The van der Waals surface area contributed by atoms with Gasteiger partial charge in [0.2, 0.25) is 0 Å². The van der Waals surface area contributed by atoms with E-state index in [1.54, 1.807) is 18.2 Å². The normalized spacial score (nSPS) is 15.6. The molecular weight excluding hydrogens is 965 g/mol. The smallest absolute Gasteiger partial charge is 0.143 e. The fourth-order valence-corrected chi connectivity index (χ4v) is 12.7. The van der Waals surface area contributed by atoms with Gasteiger partial charge in [0.15, 0.2) is 0 Å². The fourth-order valence-electron chi connectivity index (χ4n) is 12.7. The molecule has 1 aliphatic heterocycles. The molecule has 0 amide bonds. The van der Waals surface area contributed by atoms with Crippen LogP contribution in [0, 0.1) is 0 Å². The second-order valence-corrected chi connectivity index (χ2v) is 20.4. The maximum absolute atomic E-state index is 9.13. The van der Waals surface area contributed by atoms with Gasteiger partial charge in [-0.15, -0.1) is 0 Å². The standard InChI is InChI=1S/C73H56N4O2/c1-5-21-49(22-6-1)58-34-20-35-59(50-23-7-2-8-24-50)72(58)76-48-75(65-39-15-16-40-66(65)76)54-31-19-32-55(45-54)78-56-41-42-61-60-33-13-14-38-64(60)77(67(61)46-56)68-47-57(43-44-74-68)79-73-70(52-25-9-3-10-26-52)62-36-17-29-51-30-18-37-63(69(51)62)71(73)53-27-11-4-12-28-53/h1-16,19-28,31-35,38-47,51H,17-18,29-30,36-37,48H2/i1D,2D,5D,6D,7D,8D,21D,22D,23D,24D. The number of nitrogens with zero attached hydrogens (tertiary/aromatic N) is 4. The Balaban J connectivity index is 0.813. The van der Waals surface area contributed by atoms with E-state index in [9.17, 15) is 0 Å². The van der Waals surface area contributed by atoms with Crippen LogP contribution in [0.2, 0.25) is 0 Å². The second kappa shape index (κ2) is 19.7. The third kappa shape index (κ3) is 8.22. The van der Waals surface area contributed by atoms with E-state index in [1.165, 1.54) is 40.7 Å². The van der Waals surface area contributed by atoms with Crippen LogP contribution in [0.25, 0.3) is 72.1 Å². The highest BCUT2D eigenvalue weighted by Crippen LogP contribution is 2.55. The van der Waals surface area contributed by atoms with Crippen molar-refractivity contribution in [3.8, 4) is 73.3 Å². The van der Waals surface area contributed by atoms with Gasteiger partial charge in [-0.3, -0.25) is 4.57 Å². The molecule has 10 aromatic carbocycles. The summed E-state index contributed by atoms with van der Waals surface area (Å²) in [5.74, 6) is 3.86. The average molecular weight is 1030 g/mol. The second-order valence-electron chi connectivity index (χ2n) is 20.4. The molecule has 380 valence electrons. The molecule has 0 bridgehead atoms. The molecule has 2 aliphatic carbocycles. The minimum absolute atomic E-state index is 0.0958. The molecule has 15 rings (SSSR count). The summed E-state index contributed by atoms with van der Waals surface area (Å²) >= 11 is 0. The van der Waals surface area contributed by atoms with Crippen molar-refractivity contribution in [3.63, 3.8) is 0 Å². The summed E-state index contributed by atoms with van der Waals surface area (Å²) in [7, 11) is 0. The van der Waals surface area contributed by atoms with Crippen molar-refractivity contribution in [2.45, 2.75) is 44.4 Å². The number of anilines is 4. The Hall–Kier alpha value is -9.65. The summed E-state index contributed by atoms with van der Waals surface area (Å²) in [6, 6.07) is 55.0. The lowest BCUT2D eigenvalue weighted by Gasteiger charge is -2.36. The van der Waals surface area contributed by atoms with Crippen molar-refractivity contribution in [3.05, 3.63) is 265 Å². The minimum Gasteiger partial charge on any atom is -0.457 e. The zero-order valence-corrected chi connectivity index (χ0v) is 43.0. The Morgan fingerprint density at radius 1 is 0.468 bits per heavy atom. The largest absolute Gasteiger partial charge is 0.457 e. The molecule has 0 unspecified atom stereocenters. The SMILES string of the molecule is [2H]c1c([2H])c([2H])c(-c2cccc(-c3c([2H])c([2H])c([2H])c([2H])c3[2H])c2N2CN(c3cccc(Oc4ccc5c6ccccc6n(-c6cc(Oc7c(-c8ccccc8)c8c9c(c7-c7ccccc7)CCCC9CCC8)ccn6)c5c4)c3)c3ccccc32)c([2H])c1[2H]. The molecule has 12 aromatic rings. The monoisotopic (exact) mass is 1030 g/mol. The molecule has 0 atom stereocenters. The predicted octanol–water partition coefficient (Wildman–Crippen LogP) is 19.4. The number of fused-ring (bicyclic) bond motifs is 4. The third-order valence-corrected chi connectivity index (χ3v) is 16.0. The third-order valence-electron chi connectivity index (χ3n) is 16.0. The van der Waals surface area contributed by atoms with Crippen LogP contribution in [0.1, 0.15) is 62.0 Å². The molecule has 2 aromatic heterocycles. The van der Waals surface area contributed by atoms with Crippen molar-refractivity contribution >= 4 is 44.6 Å². The number of pyridine rings is 1. The maximum Gasteiger partial charge on any atom is 0.143 e. The molecule has 3 aliphatic rings. The lowest BCUT2D eigenvalue weighted by atomic mass is 9.69. The van der Waals surface area contributed by atoms with Crippen LogP contribution >= 0.6 is 0 Å². The van der Waals surface area contributed by atoms with Crippen LogP contribution in [-0.2, 0) is 12.8 Å². The van der Waals surface area contributed by atoms with E-state index >= 15 is 0 Å². The summed E-state index contributed by atoms with van der Waals surface area (Å²) < 4.78 is 104. The van der Waals surface area contributed by atoms with E-state index in [0.29, 0.717) is 34.7 Å². The highest BCUT2D eigenvalue weighted by atomic mass is 16.5. The van der Waals surface area contributed by atoms with Crippen molar-refractivity contribution in [1.82, 2.24) is 9.55 Å². The number of hydrogen-bond donors (Lipinski definition) is 0. The van der Waals surface area contributed by atoms with Gasteiger partial charge in [-0.1, -0.05) is 176 Å². The van der Waals surface area contributed by atoms with Crippen molar-refractivity contribution < 1.29 is 23.2 Å². The topological polar surface area (TPSA) is 42.8 Å². The molecule has 0 saturated carbocycles. The Morgan fingerprint density at radius 2 is 1.05 bits per heavy atom. The summed E-state index contributed by atoms with van der Waals surface area (Å²) in [5.41, 5.74) is 13.5. The van der Waals surface area contributed by atoms with E-state index in [0.717, 1.165) is 75.7 Å². The zero-order chi connectivity index (χ0) is 60.9. The van der Waals surface area contributed by atoms with Crippen LogP contribution in [0.5, 0.6) is 23.0 Å². The van der Waals surface area contributed by atoms with Gasteiger partial charge in [0.25, 0.3) is 0 Å².